The Morgan fingerprint density at radius 3 is 2.79 bits per heavy atom. The summed E-state index contributed by atoms with van der Waals surface area (Å²) in [6.07, 6.45) is 3.50. The summed E-state index contributed by atoms with van der Waals surface area (Å²) in [6.45, 7) is 4.18. The van der Waals surface area contributed by atoms with Crippen LogP contribution in [0.4, 0.5) is 5.69 Å². The van der Waals surface area contributed by atoms with E-state index in [4.69, 9.17) is 0 Å². The maximum Gasteiger partial charge on any atom is 0.265 e. The monoisotopic (exact) mass is 409 g/mol. The van der Waals surface area contributed by atoms with Gasteiger partial charge >= 0.3 is 0 Å². The van der Waals surface area contributed by atoms with Crippen LogP contribution in [0.5, 0.6) is 0 Å². The van der Waals surface area contributed by atoms with Crippen LogP contribution < -0.4 is 5.32 Å². The maximum absolute atomic E-state index is 12.2. The number of anilines is 1. The lowest BCUT2D eigenvalue weighted by molar-refractivity contribution is 0.103. The average molecular weight is 410 g/mol. The molecule has 4 rings (SSSR count). The van der Waals surface area contributed by atoms with Crippen molar-refractivity contribution in [2.75, 3.05) is 5.32 Å². The lowest BCUT2D eigenvalue weighted by Gasteiger charge is -2.13. The fourth-order valence-electron chi connectivity index (χ4n) is 2.92. The minimum absolute atomic E-state index is 0.0882. The number of amides is 1. The van der Waals surface area contributed by atoms with E-state index in [9.17, 15) is 4.79 Å². The molecule has 0 aliphatic carbocycles. The van der Waals surface area contributed by atoms with E-state index in [-0.39, 0.29) is 5.91 Å². The Bertz CT molecular complexity index is 1100. The number of hydrogen-bond acceptors (Lipinski definition) is 6. The number of nitrogens with one attached hydrogen (secondary N) is 1. The lowest BCUT2D eigenvalue weighted by Crippen LogP contribution is -2.09. The van der Waals surface area contributed by atoms with Gasteiger partial charge in [0.25, 0.3) is 11.7 Å². The summed E-state index contributed by atoms with van der Waals surface area (Å²) < 4.78 is 1.80. The van der Waals surface area contributed by atoms with Crippen LogP contribution in [0.15, 0.2) is 58.0 Å². The molecule has 0 aliphatic rings. The molecule has 0 radical (unpaired) electrons. The molecule has 8 heteroatoms. The molecule has 142 valence electrons. The van der Waals surface area contributed by atoms with Gasteiger partial charge in [-0.3, -0.25) is 4.79 Å². The Hall–Kier alpha value is -2.71. The van der Waals surface area contributed by atoms with Crippen molar-refractivity contribution in [1.82, 2.24) is 19.6 Å². The van der Waals surface area contributed by atoms with Gasteiger partial charge in [-0.25, -0.2) is 4.98 Å². The normalized spacial score (nSPS) is 11.1. The summed E-state index contributed by atoms with van der Waals surface area (Å²) in [6, 6.07) is 11.5. The van der Waals surface area contributed by atoms with Crippen LogP contribution in [-0.2, 0) is 6.42 Å². The summed E-state index contributed by atoms with van der Waals surface area (Å²) in [5, 5.41) is 10.2. The number of carbonyl (C=O) groups excluding carboxylic acids is 1. The zero-order valence-electron chi connectivity index (χ0n) is 15.5. The van der Waals surface area contributed by atoms with Gasteiger partial charge in [-0.2, -0.15) is 14.6 Å². The first kappa shape index (κ1) is 18.6. The molecule has 28 heavy (non-hydrogen) atoms. The highest BCUT2D eigenvalue weighted by molar-refractivity contribution is 7.99. The molecule has 0 saturated heterocycles. The van der Waals surface area contributed by atoms with Crippen LogP contribution in [0.25, 0.3) is 5.78 Å². The van der Waals surface area contributed by atoms with Gasteiger partial charge in [0.05, 0.1) is 4.88 Å². The first-order chi connectivity index (χ1) is 13.7. The van der Waals surface area contributed by atoms with Crippen LogP contribution in [0, 0.1) is 6.92 Å². The first-order valence-electron chi connectivity index (χ1n) is 8.97. The van der Waals surface area contributed by atoms with Gasteiger partial charge in [0.15, 0.2) is 0 Å². The van der Waals surface area contributed by atoms with Gasteiger partial charge in [0.2, 0.25) is 0 Å². The van der Waals surface area contributed by atoms with Gasteiger partial charge < -0.3 is 5.32 Å². The highest BCUT2D eigenvalue weighted by atomic mass is 32.2. The fourth-order valence-corrected chi connectivity index (χ4v) is 4.62. The Kier molecular flexibility index (Phi) is 5.40. The molecule has 3 heterocycles. The molecule has 1 N–H and O–H groups in total. The third kappa shape index (κ3) is 3.79. The quantitative estimate of drug-likeness (QED) is 0.461. The standard InChI is InChI=1S/C20H19N5OS2/c1-3-5-16-13(2)23-20-21-12-22-25(20)19(16)28-15-9-7-14(8-10-15)24-18(26)17-6-4-11-27-17/h4,6-12H,3,5H2,1-2H3,(H,24,26). The Balaban J connectivity index is 1.58. The van der Waals surface area contributed by atoms with Gasteiger partial charge in [-0.15, -0.1) is 11.3 Å². The lowest BCUT2D eigenvalue weighted by atomic mass is 10.1. The highest BCUT2D eigenvalue weighted by Gasteiger charge is 2.15. The molecule has 6 nitrogen and oxygen atoms in total. The van der Waals surface area contributed by atoms with E-state index in [1.54, 1.807) is 16.3 Å². The van der Waals surface area contributed by atoms with Crippen molar-refractivity contribution >= 4 is 40.5 Å². The average Bonchev–Trinajstić information content (AvgIpc) is 3.37. The van der Waals surface area contributed by atoms with Gasteiger partial charge in [0.1, 0.15) is 11.4 Å². The predicted molar refractivity (Wildman–Crippen MR) is 112 cm³/mol. The predicted octanol–water partition coefficient (Wildman–Crippen LogP) is 4.85. The molecule has 0 spiro atoms. The molecule has 0 unspecified atom stereocenters. The molecule has 1 amide bonds. The molecular weight excluding hydrogens is 390 g/mol. The van der Waals surface area contributed by atoms with Crippen molar-refractivity contribution in [3.8, 4) is 0 Å². The Morgan fingerprint density at radius 1 is 1.25 bits per heavy atom. The van der Waals surface area contributed by atoms with Crippen molar-refractivity contribution in [1.29, 1.82) is 0 Å². The number of benzene rings is 1. The molecule has 0 bridgehead atoms. The van der Waals surface area contributed by atoms with E-state index in [2.05, 4.69) is 27.3 Å². The number of thiophene rings is 1. The number of aryl methyl sites for hydroxylation is 1. The summed E-state index contributed by atoms with van der Waals surface area (Å²) in [4.78, 5) is 22.7. The van der Waals surface area contributed by atoms with Gasteiger partial charge in [-0.05, 0) is 49.1 Å². The van der Waals surface area contributed by atoms with Crippen molar-refractivity contribution < 1.29 is 4.79 Å². The number of rotatable bonds is 6. The Morgan fingerprint density at radius 2 is 2.07 bits per heavy atom. The minimum atomic E-state index is -0.0882. The van der Waals surface area contributed by atoms with Gasteiger partial charge in [0, 0.05) is 21.8 Å². The Labute approximate surface area is 171 Å². The molecule has 3 aromatic heterocycles. The molecule has 0 atom stereocenters. The SMILES string of the molecule is CCCc1c(C)nc2ncnn2c1Sc1ccc(NC(=O)c2cccs2)cc1. The van der Waals surface area contributed by atoms with E-state index in [0.717, 1.165) is 34.1 Å². The summed E-state index contributed by atoms with van der Waals surface area (Å²) >= 11 is 3.06. The van der Waals surface area contributed by atoms with E-state index in [1.807, 2.05) is 48.7 Å². The third-order valence-electron chi connectivity index (χ3n) is 4.26. The number of nitrogens with zero attached hydrogens (tertiary/aromatic N) is 4. The van der Waals surface area contributed by atoms with Crippen LogP contribution in [-0.4, -0.2) is 25.5 Å². The van der Waals surface area contributed by atoms with Crippen LogP contribution in [0.2, 0.25) is 0 Å². The first-order valence-corrected chi connectivity index (χ1v) is 10.7. The molecule has 0 fully saturated rings. The van der Waals surface area contributed by atoms with E-state index in [1.165, 1.54) is 23.2 Å². The van der Waals surface area contributed by atoms with Crippen LogP contribution in [0.1, 0.15) is 34.3 Å². The second kappa shape index (κ2) is 8.12. The third-order valence-corrected chi connectivity index (χ3v) is 6.25. The minimum Gasteiger partial charge on any atom is -0.321 e. The second-order valence-electron chi connectivity index (χ2n) is 6.26. The molecule has 0 aliphatic heterocycles. The van der Waals surface area contributed by atoms with Crippen molar-refractivity contribution in [3.05, 3.63) is 64.2 Å². The summed E-state index contributed by atoms with van der Waals surface area (Å²) in [5.74, 6) is 0.523. The number of carbonyl (C=O) groups is 1. The smallest absolute Gasteiger partial charge is 0.265 e. The van der Waals surface area contributed by atoms with E-state index >= 15 is 0 Å². The van der Waals surface area contributed by atoms with E-state index in [0.29, 0.717) is 10.7 Å². The van der Waals surface area contributed by atoms with E-state index < -0.39 is 0 Å². The number of aromatic nitrogens is 4. The number of hydrogen-bond donors (Lipinski definition) is 1. The zero-order valence-corrected chi connectivity index (χ0v) is 17.2. The van der Waals surface area contributed by atoms with Gasteiger partial charge in [-0.1, -0.05) is 31.2 Å². The topological polar surface area (TPSA) is 72.2 Å². The maximum atomic E-state index is 12.2. The zero-order chi connectivity index (χ0) is 19.5. The van der Waals surface area contributed by atoms with Crippen LogP contribution >= 0.6 is 23.1 Å². The summed E-state index contributed by atoms with van der Waals surface area (Å²) in [7, 11) is 0. The molecule has 0 saturated carbocycles. The second-order valence-corrected chi connectivity index (χ2v) is 8.27. The molecule has 1 aromatic carbocycles. The van der Waals surface area contributed by atoms with Crippen molar-refractivity contribution in [2.45, 2.75) is 36.6 Å². The van der Waals surface area contributed by atoms with Crippen molar-refractivity contribution in [2.24, 2.45) is 0 Å². The van der Waals surface area contributed by atoms with Crippen LogP contribution in [0.3, 0.4) is 0 Å². The largest absolute Gasteiger partial charge is 0.321 e. The highest BCUT2D eigenvalue weighted by Crippen LogP contribution is 2.33. The summed E-state index contributed by atoms with van der Waals surface area (Å²) in [5.41, 5.74) is 2.96. The molecule has 4 aromatic rings. The number of fused-ring (bicyclic) bond motifs is 1. The molecular formula is C20H19N5OS2. The van der Waals surface area contributed by atoms with Crippen molar-refractivity contribution in [3.63, 3.8) is 0 Å². The fraction of sp³-hybridized carbons (Fsp3) is 0.200.